The predicted molar refractivity (Wildman–Crippen MR) is 81.8 cm³/mol. The zero-order chi connectivity index (χ0) is 15.1. The molecule has 0 unspecified atom stereocenters. The lowest BCUT2D eigenvalue weighted by Crippen LogP contribution is -2.44. The first-order valence-electron chi connectivity index (χ1n) is 7.75. The Morgan fingerprint density at radius 1 is 1.29 bits per heavy atom. The molecule has 1 saturated heterocycles. The second kappa shape index (κ2) is 7.57. The zero-order valence-corrected chi connectivity index (χ0v) is 12.8. The van der Waals surface area contributed by atoms with E-state index >= 15 is 0 Å². The number of carbonyl (C=O) groups is 1. The Bertz CT molecular complexity index is 439. The molecule has 21 heavy (non-hydrogen) atoms. The van der Waals surface area contributed by atoms with Crippen LogP contribution in [0.4, 0.5) is 0 Å². The minimum atomic E-state index is -0.708. The van der Waals surface area contributed by atoms with Crippen molar-refractivity contribution in [2.75, 3.05) is 19.7 Å². The van der Waals surface area contributed by atoms with Gasteiger partial charge in [-0.1, -0.05) is 30.3 Å². The third-order valence-corrected chi connectivity index (χ3v) is 4.14. The van der Waals surface area contributed by atoms with Gasteiger partial charge in [-0.25, -0.2) is 0 Å². The minimum Gasteiger partial charge on any atom is -0.466 e. The molecule has 0 saturated carbocycles. The maximum Gasteiger partial charge on any atom is 0.305 e. The number of hydrogen-bond acceptors (Lipinski definition) is 4. The van der Waals surface area contributed by atoms with E-state index in [1.807, 2.05) is 6.07 Å². The van der Waals surface area contributed by atoms with Crippen molar-refractivity contribution in [3.8, 4) is 0 Å². The Kier molecular flexibility index (Phi) is 5.76. The molecule has 2 rings (SSSR count). The average Bonchev–Trinajstić information content (AvgIpc) is 2.50. The minimum absolute atomic E-state index is 0.211. The summed E-state index contributed by atoms with van der Waals surface area (Å²) in [7, 11) is 0. The van der Waals surface area contributed by atoms with Gasteiger partial charge in [0.15, 0.2) is 0 Å². The number of rotatable bonds is 6. The van der Waals surface area contributed by atoms with Gasteiger partial charge in [-0.2, -0.15) is 0 Å². The summed E-state index contributed by atoms with van der Waals surface area (Å²) >= 11 is 0. The summed E-state index contributed by atoms with van der Waals surface area (Å²) in [5, 5.41) is 10.5. The van der Waals surface area contributed by atoms with Gasteiger partial charge in [0, 0.05) is 26.1 Å². The van der Waals surface area contributed by atoms with Crippen molar-refractivity contribution in [2.45, 2.75) is 44.8 Å². The fourth-order valence-electron chi connectivity index (χ4n) is 2.79. The van der Waals surface area contributed by atoms with Crippen LogP contribution in [-0.2, 0) is 16.1 Å². The number of likely N-dealkylation sites (tertiary alicyclic amines) is 1. The third-order valence-electron chi connectivity index (χ3n) is 4.14. The highest BCUT2D eigenvalue weighted by Crippen LogP contribution is 2.27. The van der Waals surface area contributed by atoms with Crippen molar-refractivity contribution in [1.82, 2.24) is 4.90 Å². The molecule has 0 atom stereocenters. The maximum absolute atomic E-state index is 11.4. The summed E-state index contributed by atoms with van der Waals surface area (Å²) in [6.45, 7) is 4.87. The Labute approximate surface area is 126 Å². The molecule has 0 spiro atoms. The highest BCUT2D eigenvalue weighted by atomic mass is 16.5. The van der Waals surface area contributed by atoms with E-state index in [1.54, 1.807) is 6.92 Å². The van der Waals surface area contributed by atoms with Crippen molar-refractivity contribution in [3.05, 3.63) is 35.9 Å². The summed E-state index contributed by atoms with van der Waals surface area (Å²) in [6.07, 6.45) is 2.26. The molecule has 1 fully saturated rings. The molecule has 1 heterocycles. The van der Waals surface area contributed by atoms with Crippen molar-refractivity contribution in [3.63, 3.8) is 0 Å². The molecule has 0 aliphatic carbocycles. The molecule has 1 N–H and O–H groups in total. The molecule has 0 bridgehead atoms. The molecular formula is C17H25NO3. The lowest BCUT2D eigenvalue weighted by Gasteiger charge is -2.38. The number of ether oxygens (including phenoxy) is 1. The maximum atomic E-state index is 11.4. The van der Waals surface area contributed by atoms with E-state index in [0.29, 0.717) is 19.4 Å². The number of carbonyl (C=O) groups excluding carboxylic acids is 1. The monoisotopic (exact) mass is 291 g/mol. The molecule has 4 heteroatoms. The molecule has 0 radical (unpaired) electrons. The van der Waals surface area contributed by atoms with Crippen LogP contribution in [0, 0.1) is 0 Å². The molecule has 4 nitrogen and oxygen atoms in total. The Morgan fingerprint density at radius 3 is 2.57 bits per heavy atom. The summed E-state index contributed by atoms with van der Waals surface area (Å²) < 4.78 is 4.92. The van der Waals surface area contributed by atoms with E-state index in [9.17, 15) is 9.90 Å². The van der Waals surface area contributed by atoms with Gasteiger partial charge in [0.2, 0.25) is 0 Å². The summed E-state index contributed by atoms with van der Waals surface area (Å²) in [6, 6.07) is 10.4. The molecule has 0 amide bonds. The quantitative estimate of drug-likeness (QED) is 0.817. The molecule has 1 aromatic rings. The lowest BCUT2D eigenvalue weighted by molar-refractivity contribution is -0.145. The highest BCUT2D eigenvalue weighted by Gasteiger charge is 2.32. The second-order valence-corrected chi connectivity index (χ2v) is 5.79. The van der Waals surface area contributed by atoms with Crippen molar-refractivity contribution < 1.29 is 14.6 Å². The van der Waals surface area contributed by atoms with Gasteiger partial charge in [0.05, 0.1) is 12.2 Å². The number of benzene rings is 1. The largest absolute Gasteiger partial charge is 0.466 e. The van der Waals surface area contributed by atoms with Crippen LogP contribution in [0.1, 0.15) is 38.2 Å². The van der Waals surface area contributed by atoms with Gasteiger partial charge < -0.3 is 9.84 Å². The number of hydrogen-bond donors (Lipinski definition) is 1. The van der Waals surface area contributed by atoms with Crippen LogP contribution in [-0.4, -0.2) is 41.3 Å². The SMILES string of the molecule is CCOC(=O)CCC1(O)CCN(Cc2ccccc2)CC1. The molecule has 0 aromatic heterocycles. The molecule has 1 aliphatic heterocycles. The number of esters is 1. The fourth-order valence-corrected chi connectivity index (χ4v) is 2.79. The second-order valence-electron chi connectivity index (χ2n) is 5.79. The van der Waals surface area contributed by atoms with E-state index in [0.717, 1.165) is 32.5 Å². The van der Waals surface area contributed by atoms with Gasteiger partial charge in [0.1, 0.15) is 0 Å². The van der Waals surface area contributed by atoms with E-state index in [-0.39, 0.29) is 5.97 Å². The van der Waals surface area contributed by atoms with E-state index in [2.05, 4.69) is 29.2 Å². The van der Waals surface area contributed by atoms with Crippen LogP contribution >= 0.6 is 0 Å². The molecule has 1 aliphatic rings. The van der Waals surface area contributed by atoms with Crippen LogP contribution in [0.15, 0.2) is 30.3 Å². The summed E-state index contributed by atoms with van der Waals surface area (Å²) in [5.74, 6) is -0.211. The molecule has 1 aromatic carbocycles. The van der Waals surface area contributed by atoms with Crippen molar-refractivity contribution >= 4 is 5.97 Å². The van der Waals surface area contributed by atoms with Crippen molar-refractivity contribution in [2.24, 2.45) is 0 Å². The number of aliphatic hydroxyl groups is 1. The van der Waals surface area contributed by atoms with Crippen molar-refractivity contribution in [1.29, 1.82) is 0 Å². The normalized spacial score (nSPS) is 18.4. The average molecular weight is 291 g/mol. The first kappa shape index (κ1) is 16.0. The Balaban J connectivity index is 1.75. The first-order chi connectivity index (χ1) is 10.1. The van der Waals surface area contributed by atoms with Gasteiger partial charge in [0.25, 0.3) is 0 Å². The van der Waals surface area contributed by atoms with Crippen LogP contribution in [0.5, 0.6) is 0 Å². The lowest BCUT2D eigenvalue weighted by atomic mass is 9.87. The molecule has 116 valence electrons. The van der Waals surface area contributed by atoms with Gasteiger partial charge in [-0.05, 0) is 31.7 Å². The van der Waals surface area contributed by atoms with Crippen LogP contribution in [0.25, 0.3) is 0 Å². The number of nitrogens with zero attached hydrogens (tertiary/aromatic N) is 1. The van der Waals surface area contributed by atoms with E-state index in [4.69, 9.17) is 4.74 Å². The zero-order valence-electron chi connectivity index (χ0n) is 12.8. The predicted octanol–water partition coefficient (Wildman–Crippen LogP) is 2.36. The third kappa shape index (κ3) is 5.14. The van der Waals surface area contributed by atoms with E-state index < -0.39 is 5.60 Å². The Hall–Kier alpha value is -1.39. The van der Waals surface area contributed by atoms with Gasteiger partial charge >= 0.3 is 5.97 Å². The van der Waals surface area contributed by atoms with Gasteiger partial charge in [-0.3, -0.25) is 9.69 Å². The van der Waals surface area contributed by atoms with Crippen LogP contribution < -0.4 is 0 Å². The summed E-state index contributed by atoms with van der Waals surface area (Å²) in [5.41, 5.74) is 0.592. The number of piperidine rings is 1. The summed E-state index contributed by atoms with van der Waals surface area (Å²) in [4.78, 5) is 13.7. The molecular weight excluding hydrogens is 266 g/mol. The standard InChI is InChI=1S/C17H25NO3/c1-2-21-16(19)8-9-17(20)10-12-18(13-11-17)14-15-6-4-3-5-7-15/h3-7,20H,2,8-14H2,1H3. The smallest absolute Gasteiger partial charge is 0.305 e. The first-order valence-corrected chi connectivity index (χ1v) is 7.75. The topological polar surface area (TPSA) is 49.8 Å². The Morgan fingerprint density at radius 2 is 1.95 bits per heavy atom. The van der Waals surface area contributed by atoms with E-state index in [1.165, 1.54) is 5.56 Å². The van der Waals surface area contributed by atoms with Crippen LogP contribution in [0.3, 0.4) is 0 Å². The highest BCUT2D eigenvalue weighted by molar-refractivity contribution is 5.69. The fraction of sp³-hybridized carbons (Fsp3) is 0.588. The van der Waals surface area contributed by atoms with Crippen LogP contribution in [0.2, 0.25) is 0 Å². The van der Waals surface area contributed by atoms with Gasteiger partial charge in [-0.15, -0.1) is 0 Å².